The number of anilines is 1. The van der Waals surface area contributed by atoms with Crippen LogP contribution in [0.15, 0.2) is 18.2 Å². The maximum Gasteiger partial charge on any atom is 0.226 e. The highest BCUT2D eigenvalue weighted by Gasteiger charge is 2.16. The van der Waals surface area contributed by atoms with Crippen molar-refractivity contribution < 1.29 is 4.79 Å². The predicted molar refractivity (Wildman–Crippen MR) is 93.7 cm³/mol. The van der Waals surface area contributed by atoms with E-state index in [4.69, 9.17) is 0 Å². The predicted octanol–water partition coefficient (Wildman–Crippen LogP) is 3.15. The van der Waals surface area contributed by atoms with E-state index in [9.17, 15) is 4.79 Å². The lowest BCUT2D eigenvalue weighted by Gasteiger charge is -2.06. The van der Waals surface area contributed by atoms with Crippen molar-refractivity contribution in [2.45, 2.75) is 33.1 Å². The van der Waals surface area contributed by atoms with Crippen LogP contribution in [0.3, 0.4) is 0 Å². The van der Waals surface area contributed by atoms with E-state index in [0.29, 0.717) is 17.5 Å². The summed E-state index contributed by atoms with van der Waals surface area (Å²) in [6.45, 7) is 6.24. The van der Waals surface area contributed by atoms with Crippen molar-refractivity contribution in [3.63, 3.8) is 0 Å². The zero-order valence-corrected chi connectivity index (χ0v) is 14.4. The molecule has 1 aliphatic heterocycles. The summed E-state index contributed by atoms with van der Waals surface area (Å²) in [5.74, 6) is 0.654. The molecule has 0 spiro atoms. The lowest BCUT2D eigenvalue weighted by atomic mass is 10.0. The maximum absolute atomic E-state index is 12.0. The monoisotopic (exact) mass is 330 g/mol. The van der Waals surface area contributed by atoms with Gasteiger partial charge in [-0.3, -0.25) is 4.79 Å². The van der Waals surface area contributed by atoms with Crippen LogP contribution in [0.25, 0.3) is 10.6 Å². The smallest absolute Gasteiger partial charge is 0.226 e. The fraction of sp³-hybridized carbons (Fsp3) is 0.471. The van der Waals surface area contributed by atoms with E-state index in [0.717, 1.165) is 30.1 Å². The van der Waals surface area contributed by atoms with E-state index in [-0.39, 0.29) is 5.91 Å². The first-order valence-electron chi connectivity index (χ1n) is 8.03. The second-order valence-corrected chi connectivity index (χ2v) is 7.21. The van der Waals surface area contributed by atoms with Gasteiger partial charge in [0.05, 0.1) is 0 Å². The number of hydrogen-bond donors (Lipinski definition) is 2. The Kier molecular flexibility index (Phi) is 5.03. The van der Waals surface area contributed by atoms with Crippen LogP contribution in [-0.2, 0) is 4.79 Å². The number of carbonyl (C=O) groups excluding carboxylic acids is 1. The minimum atomic E-state index is 0.0278. The van der Waals surface area contributed by atoms with Crippen molar-refractivity contribution in [2.24, 2.45) is 5.92 Å². The van der Waals surface area contributed by atoms with Crippen molar-refractivity contribution in [3.05, 3.63) is 29.3 Å². The third kappa shape index (κ3) is 4.36. The van der Waals surface area contributed by atoms with Gasteiger partial charge in [-0.15, -0.1) is 10.2 Å². The molecule has 1 atom stereocenters. The number of nitrogens with one attached hydrogen (secondary N) is 2. The zero-order valence-electron chi connectivity index (χ0n) is 13.6. The molecule has 5 nitrogen and oxygen atoms in total. The Morgan fingerprint density at radius 2 is 2.09 bits per heavy atom. The van der Waals surface area contributed by atoms with Crippen LogP contribution in [0, 0.1) is 19.8 Å². The van der Waals surface area contributed by atoms with Gasteiger partial charge >= 0.3 is 0 Å². The molecule has 2 N–H and O–H groups in total. The molecule has 2 heterocycles. The van der Waals surface area contributed by atoms with Crippen molar-refractivity contribution in [3.8, 4) is 10.6 Å². The molecule has 3 rings (SSSR count). The minimum Gasteiger partial charge on any atom is -0.316 e. The van der Waals surface area contributed by atoms with E-state index in [2.05, 4.69) is 52.9 Å². The Balaban J connectivity index is 1.59. The normalized spacial score (nSPS) is 17.4. The van der Waals surface area contributed by atoms with Gasteiger partial charge in [-0.25, -0.2) is 0 Å². The van der Waals surface area contributed by atoms with Crippen LogP contribution in [0.4, 0.5) is 5.13 Å². The Morgan fingerprint density at radius 3 is 2.78 bits per heavy atom. The third-order valence-corrected chi connectivity index (χ3v) is 4.97. The molecule has 122 valence electrons. The quantitative estimate of drug-likeness (QED) is 0.884. The fourth-order valence-corrected chi connectivity index (χ4v) is 3.71. The van der Waals surface area contributed by atoms with Crippen molar-refractivity contribution in [2.75, 3.05) is 18.4 Å². The molecule has 1 saturated heterocycles. The molecule has 1 aliphatic rings. The largest absolute Gasteiger partial charge is 0.316 e. The highest BCUT2D eigenvalue weighted by molar-refractivity contribution is 7.18. The van der Waals surface area contributed by atoms with Gasteiger partial charge in [-0.1, -0.05) is 28.5 Å². The summed E-state index contributed by atoms with van der Waals surface area (Å²) in [4.78, 5) is 12.0. The molecule has 0 bridgehead atoms. The SMILES string of the molecule is Cc1cc(C)cc(-c2nnc(NC(=O)CCC3CCNC3)s2)c1. The van der Waals surface area contributed by atoms with Crippen LogP contribution >= 0.6 is 11.3 Å². The van der Waals surface area contributed by atoms with Gasteiger partial charge in [0.15, 0.2) is 0 Å². The summed E-state index contributed by atoms with van der Waals surface area (Å²) < 4.78 is 0. The lowest BCUT2D eigenvalue weighted by molar-refractivity contribution is -0.116. The highest BCUT2D eigenvalue weighted by atomic mass is 32.1. The van der Waals surface area contributed by atoms with E-state index in [1.807, 2.05) is 0 Å². The third-order valence-electron chi connectivity index (χ3n) is 4.08. The van der Waals surface area contributed by atoms with Crippen LogP contribution < -0.4 is 10.6 Å². The summed E-state index contributed by atoms with van der Waals surface area (Å²) in [5.41, 5.74) is 3.45. The van der Waals surface area contributed by atoms with Gasteiger partial charge in [-0.05, 0) is 57.8 Å². The van der Waals surface area contributed by atoms with Crippen molar-refractivity contribution in [1.82, 2.24) is 15.5 Å². The zero-order chi connectivity index (χ0) is 16.2. The van der Waals surface area contributed by atoms with Crippen molar-refractivity contribution in [1.29, 1.82) is 0 Å². The van der Waals surface area contributed by atoms with Gasteiger partial charge in [0.2, 0.25) is 11.0 Å². The summed E-state index contributed by atoms with van der Waals surface area (Å²) in [5, 5.41) is 15.9. The Labute approximate surface area is 140 Å². The van der Waals surface area contributed by atoms with E-state index in [1.165, 1.54) is 28.9 Å². The first-order valence-corrected chi connectivity index (χ1v) is 8.84. The molecule has 23 heavy (non-hydrogen) atoms. The molecule has 1 aromatic carbocycles. The standard InChI is InChI=1S/C17H22N4OS/c1-11-7-12(2)9-14(8-11)16-20-21-17(23-16)19-15(22)4-3-13-5-6-18-10-13/h7-9,13,18H,3-6,10H2,1-2H3,(H,19,21,22). The first kappa shape index (κ1) is 16.1. The number of benzene rings is 1. The lowest BCUT2D eigenvalue weighted by Crippen LogP contribution is -2.14. The highest BCUT2D eigenvalue weighted by Crippen LogP contribution is 2.28. The topological polar surface area (TPSA) is 66.9 Å². The number of rotatable bonds is 5. The maximum atomic E-state index is 12.0. The van der Waals surface area contributed by atoms with Crippen LogP contribution in [0.1, 0.15) is 30.4 Å². The molecule has 0 saturated carbocycles. The second-order valence-electron chi connectivity index (χ2n) is 6.23. The van der Waals surface area contributed by atoms with Crippen LogP contribution in [-0.4, -0.2) is 29.2 Å². The molecular weight excluding hydrogens is 308 g/mol. The number of hydrogen-bond acceptors (Lipinski definition) is 5. The van der Waals surface area contributed by atoms with Crippen LogP contribution in [0.2, 0.25) is 0 Å². The minimum absolute atomic E-state index is 0.0278. The number of carbonyl (C=O) groups is 1. The van der Waals surface area contributed by atoms with Crippen molar-refractivity contribution >= 4 is 22.4 Å². The number of amides is 1. The molecule has 1 aromatic heterocycles. The van der Waals surface area contributed by atoms with E-state index in [1.54, 1.807) is 0 Å². The average molecular weight is 330 g/mol. The summed E-state index contributed by atoms with van der Waals surface area (Å²) in [6, 6.07) is 6.31. The summed E-state index contributed by atoms with van der Waals surface area (Å²) in [6.07, 6.45) is 2.65. The Bertz CT molecular complexity index is 671. The first-order chi connectivity index (χ1) is 11.1. The molecule has 2 aromatic rings. The molecule has 0 aliphatic carbocycles. The van der Waals surface area contributed by atoms with Crippen LogP contribution in [0.5, 0.6) is 0 Å². The van der Waals surface area contributed by atoms with Gasteiger partial charge in [0.25, 0.3) is 0 Å². The van der Waals surface area contributed by atoms with Gasteiger partial charge < -0.3 is 10.6 Å². The average Bonchev–Trinajstić information content (AvgIpc) is 3.15. The van der Waals surface area contributed by atoms with Gasteiger partial charge in [0.1, 0.15) is 5.01 Å². The summed E-state index contributed by atoms with van der Waals surface area (Å²) in [7, 11) is 0. The summed E-state index contributed by atoms with van der Waals surface area (Å²) >= 11 is 1.42. The Hall–Kier alpha value is -1.79. The van der Waals surface area contributed by atoms with E-state index >= 15 is 0 Å². The number of nitrogens with zero attached hydrogens (tertiary/aromatic N) is 2. The second kappa shape index (κ2) is 7.19. The molecular formula is C17H22N4OS. The number of aromatic nitrogens is 2. The fourth-order valence-electron chi connectivity index (χ4n) is 2.97. The molecule has 6 heteroatoms. The number of aryl methyl sites for hydroxylation is 2. The van der Waals surface area contributed by atoms with E-state index < -0.39 is 0 Å². The Morgan fingerprint density at radius 1 is 1.30 bits per heavy atom. The molecule has 1 amide bonds. The molecule has 0 radical (unpaired) electrons. The molecule has 1 unspecified atom stereocenters. The van der Waals surface area contributed by atoms with Gasteiger partial charge in [-0.2, -0.15) is 0 Å². The van der Waals surface area contributed by atoms with Gasteiger partial charge in [0, 0.05) is 12.0 Å². The molecule has 1 fully saturated rings.